The summed E-state index contributed by atoms with van der Waals surface area (Å²) >= 11 is 3.26. The molecule has 3 rings (SSSR count). The predicted molar refractivity (Wildman–Crippen MR) is 97.6 cm³/mol. The maximum absolute atomic E-state index is 4.46. The van der Waals surface area contributed by atoms with E-state index in [4.69, 9.17) is 0 Å². The van der Waals surface area contributed by atoms with E-state index >= 15 is 0 Å². The van der Waals surface area contributed by atoms with Gasteiger partial charge in [-0.15, -0.1) is 22.7 Å². The van der Waals surface area contributed by atoms with Gasteiger partial charge in [0.25, 0.3) is 0 Å². The highest BCUT2D eigenvalue weighted by Crippen LogP contribution is 2.32. The average Bonchev–Trinajstić information content (AvgIpc) is 3.15. The number of fused-ring (bicyclic) bond motifs is 1. The summed E-state index contributed by atoms with van der Waals surface area (Å²) < 4.78 is 0. The molecular weight excluding hydrogens is 328 g/mol. The van der Waals surface area contributed by atoms with Gasteiger partial charge in [-0.3, -0.25) is 5.43 Å². The molecule has 0 aliphatic rings. The standard InChI is InChI=1S/C15H18N6S2/c1-9(2)12-4-11-14(17-8-18-15(11)23-12)21-19-6-13-20-10(5-16-3)7-22-13/h4,6-9,16H,5H2,1-3H3,(H,17,18,21)/b19-6+. The van der Waals surface area contributed by atoms with Gasteiger partial charge in [-0.05, 0) is 19.0 Å². The molecule has 0 fully saturated rings. The maximum atomic E-state index is 4.46. The van der Waals surface area contributed by atoms with E-state index < -0.39 is 0 Å². The van der Waals surface area contributed by atoms with Crippen molar-refractivity contribution in [1.29, 1.82) is 0 Å². The molecule has 3 aromatic heterocycles. The van der Waals surface area contributed by atoms with Crippen molar-refractivity contribution in [3.8, 4) is 0 Å². The fraction of sp³-hybridized carbons (Fsp3) is 0.333. The number of hydrogen-bond donors (Lipinski definition) is 2. The van der Waals surface area contributed by atoms with Crippen LogP contribution in [0.5, 0.6) is 0 Å². The Bertz CT molecular complexity index is 820. The summed E-state index contributed by atoms with van der Waals surface area (Å²) in [6, 6.07) is 2.14. The molecular formula is C15H18N6S2. The van der Waals surface area contributed by atoms with Gasteiger partial charge >= 0.3 is 0 Å². The molecule has 120 valence electrons. The number of nitrogens with zero attached hydrogens (tertiary/aromatic N) is 4. The van der Waals surface area contributed by atoms with Crippen molar-refractivity contribution in [2.24, 2.45) is 5.10 Å². The second-order valence-corrected chi connectivity index (χ2v) is 7.27. The van der Waals surface area contributed by atoms with Crippen LogP contribution in [0.2, 0.25) is 0 Å². The number of thiophene rings is 1. The van der Waals surface area contributed by atoms with Crippen LogP contribution in [-0.4, -0.2) is 28.2 Å². The van der Waals surface area contributed by atoms with Crippen molar-refractivity contribution in [2.45, 2.75) is 26.3 Å². The van der Waals surface area contributed by atoms with E-state index in [1.807, 2.05) is 12.4 Å². The van der Waals surface area contributed by atoms with Crippen LogP contribution in [0.25, 0.3) is 10.2 Å². The summed E-state index contributed by atoms with van der Waals surface area (Å²) in [6.07, 6.45) is 3.28. The Morgan fingerprint density at radius 1 is 1.35 bits per heavy atom. The van der Waals surface area contributed by atoms with Gasteiger partial charge < -0.3 is 5.32 Å². The normalized spacial score (nSPS) is 11.8. The van der Waals surface area contributed by atoms with Gasteiger partial charge in [-0.2, -0.15) is 5.10 Å². The summed E-state index contributed by atoms with van der Waals surface area (Å²) in [5.74, 6) is 1.20. The highest BCUT2D eigenvalue weighted by molar-refractivity contribution is 7.18. The minimum atomic E-state index is 0.478. The molecule has 0 spiro atoms. The predicted octanol–water partition coefficient (Wildman–Crippen LogP) is 3.44. The first kappa shape index (κ1) is 16.0. The van der Waals surface area contributed by atoms with E-state index in [9.17, 15) is 0 Å². The molecule has 0 amide bonds. The number of nitrogens with one attached hydrogen (secondary N) is 2. The summed E-state index contributed by atoms with van der Waals surface area (Å²) in [5.41, 5.74) is 4.02. The molecule has 3 heterocycles. The van der Waals surface area contributed by atoms with Crippen molar-refractivity contribution in [3.63, 3.8) is 0 Å². The van der Waals surface area contributed by atoms with Crippen LogP contribution in [0.15, 0.2) is 22.9 Å². The number of anilines is 1. The van der Waals surface area contributed by atoms with E-state index in [-0.39, 0.29) is 0 Å². The van der Waals surface area contributed by atoms with Crippen LogP contribution in [0.1, 0.15) is 35.3 Å². The van der Waals surface area contributed by atoms with Crippen molar-refractivity contribution >= 4 is 44.9 Å². The first-order chi connectivity index (χ1) is 11.2. The molecule has 0 bridgehead atoms. The van der Waals surface area contributed by atoms with Crippen molar-refractivity contribution in [1.82, 2.24) is 20.3 Å². The number of aromatic nitrogens is 3. The maximum Gasteiger partial charge on any atom is 0.158 e. The zero-order valence-electron chi connectivity index (χ0n) is 13.2. The molecule has 0 saturated carbocycles. The van der Waals surface area contributed by atoms with E-state index in [1.54, 1.807) is 35.2 Å². The third-order valence-corrected chi connectivity index (χ3v) is 5.36. The van der Waals surface area contributed by atoms with Crippen LogP contribution in [0, 0.1) is 0 Å². The first-order valence-electron chi connectivity index (χ1n) is 7.30. The lowest BCUT2D eigenvalue weighted by Crippen LogP contribution is -2.05. The smallest absolute Gasteiger partial charge is 0.158 e. The summed E-state index contributed by atoms with van der Waals surface area (Å²) in [6.45, 7) is 5.11. The number of hydrazone groups is 1. The zero-order valence-corrected chi connectivity index (χ0v) is 14.8. The van der Waals surface area contributed by atoms with Crippen LogP contribution >= 0.6 is 22.7 Å². The molecule has 3 aromatic rings. The van der Waals surface area contributed by atoms with Gasteiger partial charge in [0.15, 0.2) is 5.82 Å². The number of rotatable bonds is 6. The van der Waals surface area contributed by atoms with E-state index in [0.717, 1.165) is 33.3 Å². The lowest BCUT2D eigenvalue weighted by molar-refractivity contribution is 0.797. The highest BCUT2D eigenvalue weighted by atomic mass is 32.1. The van der Waals surface area contributed by atoms with Crippen molar-refractivity contribution in [3.05, 3.63) is 33.4 Å². The Morgan fingerprint density at radius 2 is 2.22 bits per heavy atom. The molecule has 0 atom stereocenters. The van der Waals surface area contributed by atoms with E-state index in [0.29, 0.717) is 5.92 Å². The third kappa shape index (κ3) is 3.72. The van der Waals surface area contributed by atoms with Crippen LogP contribution in [0.4, 0.5) is 5.82 Å². The Morgan fingerprint density at radius 3 is 3.00 bits per heavy atom. The van der Waals surface area contributed by atoms with Gasteiger partial charge in [-0.25, -0.2) is 15.0 Å². The van der Waals surface area contributed by atoms with E-state index in [2.05, 4.69) is 50.7 Å². The Balaban J connectivity index is 1.76. The summed E-state index contributed by atoms with van der Waals surface area (Å²) in [7, 11) is 1.90. The molecule has 2 N–H and O–H groups in total. The lowest BCUT2D eigenvalue weighted by Gasteiger charge is -1.99. The zero-order chi connectivity index (χ0) is 16.2. The quantitative estimate of drug-likeness (QED) is 0.528. The van der Waals surface area contributed by atoms with Gasteiger partial charge in [-0.1, -0.05) is 13.8 Å². The molecule has 6 nitrogen and oxygen atoms in total. The first-order valence-corrected chi connectivity index (χ1v) is 8.99. The van der Waals surface area contributed by atoms with Gasteiger partial charge in [0.1, 0.15) is 16.2 Å². The average molecular weight is 346 g/mol. The Kier molecular flexibility index (Phi) is 4.94. The van der Waals surface area contributed by atoms with Crippen LogP contribution in [-0.2, 0) is 6.54 Å². The molecule has 8 heteroatoms. The molecule has 0 aliphatic heterocycles. The third-order valence-electron chi connectivity index (χ3n) is 3.19. The molecule has 0 aromatic carbocycles. The van der Waals surface area contributed by atoms with Crippen LogP contribution in [0.3, 0.4) is 0 Å². The lowest BCUT2D eigenvalue weighted by atomic mass is 10.2. The molecule has 0 aliphatic carbocycles. The second kappa shape index (κ2) is 7.12. The summed E-state index contributed by atoms with van der Waals surface area (Å²) in [4.78, 5) is 15.4. The second-order valence-electron chi connectivity index (χ2n) is 5.32. The molecule has 0 radical (unpaired) electrons. The molecule has 0 unspecified atom stereocenters. The van der Waals surface area contributed by atoms with E-state index in [1.165, 1.54) is 4.88 Å². The minimum Gasteiger partial charge on any atom is -0.314 e. The summed E-state index contributed by atoms with van der Waals surface area (Å²) in [5, 5.41) is 11.2. The number of hydrogen-bond acceptors (Lipinski definition) is 8. The fourth-order valence-corrected chi connectivity index (χ4v) is 3.72. The van der Waals surface area contributed by atoms with Gasteiger partial charge in [0.05, 0.1) is 17.3 Å². The van der Waals surface area contributed by atoms with Crippen LogP contribution < -0.4 is 10.7 Å². The minimum absolute atomic E-state index is 0.478. The monoisotopic (exact) mass is 346 g/mol. The topological polar surface area (TPSA) is 75.1 Å². The largest absolute Gasteiger partial charge is 0.314 e. The Labute approximate surface area is 142 Å². The van der Waals surface area contributed by atoms with Gasteiger partial charge in [0.2, 0.25) is 0 Å². The highest BCUT2D eigenvalue weighted by Gasteiger charge is 2.10. The SMILES string of the molecule is CNCc1csc(/C=N/Nc2ncnc3sc(C(C)C)cc23)n1. The Hall–Kier alpha value is -1.90. The fourth-order valence-electron chi connectivity index (χ4n) is 2.04. The van der Waals surface area contributed by atoms with Crippen molar-refractivity contribution < 1.29 is 0 Å². The molecule has 23 heavy (non-hydrogen) atoms. The molecule has 0 saturated heterocycles. The van der Waals surface area contributed by atoms with Gasteiger partial charge in [0, 0.05) is 16.8 Å². The number of thiazole rings is 1. The van der Waals surface area contributed by atoms with Crippen molar-refractivity contribution in [2.75, 3.05) is 12.5 Å².